The fraction of sp³-hybridized carbons (Fsp3) is 0.217. The first-order valence-corrected chi connectivity index (χ1v) is 11.4. The van der Waals surface area contributed by atoms with Crippen LogP contribution in [-0.4, -0.2) is 61.8 Å². The van der Waals surface area contributed by atoms with Crippen molar-refractivity contribution in [1.82, 2.24) is 24.6 Å². The van der Waals surface area contributed by atoms with Gasteiger partial charge in [0, 0.05) is 36.9 Å². The Balaban J connectivity index is 1.67. The summed E-state index contributed by atoms with van der Waals surface area (Å²) in [5.74, 6) is -0.277. The van der Waals surface area contributed by atoms with Crippen molar-refractivity contribution in [2.75, 3.05) is 25.6 Å². The zero-order valence-electron chi connectivity index (χ0n) is 19.2. The molecule has 0 aliphatic heterocycles. The first-order chi connectivity index (χ1) is 17.2. The molecule has 4 aromatic rings. The van der Waals surface area contributed by atoms with Gasteiger partial charge in [-0.2, -0.15) is 4.98 Å². The van der Waals surface area contributed by atoms with Gasteiger partial charge >= 0.3 is 0 Å². The first-order valence-electron chi connectivity index (χ1n) is 10.7. The van der Waals surface area contributed by atoms with E-state index >= 15 is 0 Å². The molecule has 3 heterocycles. The number of halogens is 2. The van der Waals surface area contributed by atoms with Crippen LogP contribution in [0.15, 0.2) is 47.5 Å². The van der Waals surface area contributed by atoms with Crippen molar-refractivity contribution in [1.29, 1.82) is 0 Å². The summed E-state index contributed by atoms with van der Waals surface area (Å²) < 4.78 is 2.60. The quantitative estimate of drug-likeness (QED) is 0.269. The Labute approximate surface area is 214 Å². The average Bonchev–Trinajstić information content (AvgIpc) is 3.22. The second-order valence-electron chi connectivity index (χ2n) is 7.81. The van der Waals surface area contributed by atoms with E-state index in [1.165, 1.54) is 13.3 Å². The van der Waals surface area contributed by atoms with Crippen molar-refractivity contribution in [2.24, 2.45) is 7.05 Å². The number of pyridine rings is 1. The highest BCUT2D eigenvalue weighted by Crippen LogP contribution is 2.33. The Hall–Kier alpha value is -3.64. The minimum Gasteiger partial charge on any atom is -0.412 e. The maximum Gasteiger partial charge on any atom is 0.293 e. The summed E-state index contributed by atoms with van der Waals surface area (Å²) in [6.45, 7) is -0.550. The predicted octanol–water partition coefficient (Wildman–Crippen LogP) is 1.99. The fourth-order valence-corrected chi connectivity index (χ4v) is 4.19. The zero-order chi connectivity index (χ0) is 26.0. The van der Waals surface area contributed by atoms with E-state index in [1.54, 1.807) is 48.1 Å². The number of benzene rings is 1. The monoisotopic (exact) mass is 532 g/mol. The molecule has 3 aromatic heterocycles. The summed E-state index contributed by atoms with van der Waals surface area (Å²) in [6, 6.07) is 8.12. The summed E-state index contributed by atoms with van der Waals surface area (Å²) in [5.41, 5.74) is 1.12. The number of amides is 1. The summed E-state index contributed by atoms with van der Waals surface area (Å²) in [5, 5.41) is 25.0. The van der Waals surface area contributed by atoms with Gasteiger partial charge in [-0.05, 0) is 24.3 Å². The number of hydrogen-bond acceptors (Lipinski definition) is 8. The second-order valence-corrected chi connectivity index (χ2v) is 8.62. The third-order valence-electron chi connectivity index (χ3n) is 5.32. The van der Waals surface area contributed by atoms with Gasteiger partial charge in [-0.15, -0.1) is 4.73 Å². The Morgan fingerprint density at radius 1 is 1.25 bits per heavy atom. The van der Waals surface area contributed by atoms with Crippen LogP contribution in [0.2, 0.25) is 10.0 Å². The summed E-state index contributed by atoms with van der Waals surface area (Å²) >= 11 is 12.6. The normalized spacial score (nSPS) is 11.9. The van der Waals surface area contributed by atoms with E-state index in [0.717, 1.165) is 4.73 Å². The fourth-order valence-electron chi connectivity index (χ4n) is 3.59. The number of nitrogens with one attached hydrogen (secondary N) is 2. The molecule has 36 heavy (non-hydrogen) atoms. The van der Waals surface area contributed by atoms with Crippen molar-refractivity contribution >= 4 is 51.8 Å². The number of rotatable bonds is 8. The standard InChI is InChI=1S/C23H22Cl2N6O5/c1-30-10-13(7-18(30)21(34)26-9-14(33)11-32)28-23-27-8-12-6-15(19-16(24)4-3-5-17(19)25)22(35)31(36-2)20(12)29-23/h3-8,10,14,32-33H,9,11H2,1-2H3,(H,26,34)(H,27,28,29)/t14-/m0/s1. The first kappa shape index (κ1) is 25.5. The van der Waals surface area contributed by atoms with Crippen LogP contribution in [0.3, 0.4) is 0 Å². The topological polar surface area (TPSA) is 144 Å². The lowest BCUT2D eigenvalue weighted by Gasteiger charge is -2.13. The third kappa shape index (κ3) is 5.00. The van der Waals surface area contributed by atoms with Gasteiger partial charge in [-0.1, -0.05) is 29.3 Å². The number of nitrogens with zero attached hydrogens (tertiary/aromatic N) is 4. The second kappa shape index (κ2) is 10.5. The number of aliphatic hydroxyl groups excluding tert-OH is 2. The van der Waals surface area contributed by atoms with Crippen molar-refractivity contribution < 1.29 is 19.8 Å². The van der Waals surface area contributed by atoms with Crippen LogP contribution in [0.25, 0.3) is 22.2 Å². The molecule has 0 unspecified atom stereocenters. The highest BCUT2D eigenvalue weighted by molar-refractivity contribution is 6.39. The number of carbonyl (C=O) groups is 1. The van der Waals surface area contributed by atoms with Crippen molar-refractivity contribution in [3.05, 3.63) is 68.8 Å². The molecule has 0 aliphatic rings. The molecule has 0 saturated heterocycles. The number of aromatic nitrogens is 4. The van der Waals surface area contributed by atoms with Crippen LogP contribution >= 0.6 is 23.2 Å². The van der Waals surface area contributed by atoms with Gasteiger partial charge in [0.1, 0.15) is 12.8 Å². The lowest BCUT2D eigenvalue weighted by atomic mass is 10.1. The molecular formula is C23H22Cl2N6O5. The van der Waals surface area contributed by atoms with E-state index in [1.807, 2.05) is 0 Å². The zero-order valence-corrected chi connectivity index (χ0v) is 20.7. The molecule has 0 radical (unpaired) electrons. The van der Waals surface area contributed by atoms with Crippen LogP contribution in [0.4, 0.5) is 11.6 Å². The van der Waals surface area contributed by atoms with Gasteiger partial charge in [-0.3, -0.25) is 9.59 Å². The molecule has 1 atom stereocenters. The number of aliphatic hydroxyl groups is 2. The summed E-state index contributed by atoms with van der Waals surface area (Å²) in [7, 11) is 3.01. The highest BCUT2D eigenvalue weighted by Gasteiger charge is 2.19. The van der Waals surface area contributed by atoms with Crippen molar-refractivity contribution in [3.8, 4) is 11.1 Å². The van der Waals surface area contributed by atoms with E-state index in [2.05, 4.69) is 20.6 Å². The Morgan fingerprint density at radius 3 is 2.64 bits per heavy atom. The van der Waals surface area contributed by atoms with E-state index in [4.69, 9.17) is 33.1 Å². The maximum atomic E-state index is 13.2. The average molecular weight is 533 g/mol. The van der Waals surface area contributed by atoms with Gasteiger partial charge in [0.25, 0.3) is 11.5 Å². The van der Waals surface area contributed by atoms with E-state index in [-0.39, 0.29) is 23.7 Å². The molecule has 4 rings (SSSR count). The van der Waals surface area contributed by atoms with Gasteiger partial charge in [0.2, 0.25) is 5.95 Å². The van der Waals surface area contributed by atoms with Crippen molar-refractivity contribution in [3.63, 3.8) is 0 Å². The van der Waals surface area contributed by atoms with Gasteiger partial charge in [0.05, 0.1) is 34.0 Å². The number of hydrogen-bond donors (Lipinski definition) is 4. The number of aryl methyl sites for hydroxylation is 1. The summed E-state index contributed by atoms with van der Waals surface area (Å²) in [6.07, 6.45) is 2.11. The van der Waals surface area contributed by atoms with Gasteiger partial charge < -0.3 is 30.3 Å². The third-order valence-corrected chi connectivity index (χ3v) is 5.95. The largest absolute Gasteiger partial charge is 0.412 e. The summed E-state index contributed by atoms with van der Waals surface area (Å²) in [4.78, 5) is 39.6. The molecule has 0 fully saturated rings. The Morgan fingerprint density at radius 2 is 1.97 bits per heavy atom. The molecule has 0 saturated carbocycles. The molecule has 1 amide bonds. The number of fused-ring (bicyclic) bond motifs is 1. The van der Waals surface area contributed by atoms with Gasteiger partial charge in [-0.25, -0.2) is 4.98 Å². The van der Waals surface area contributed by atoms with E-state index in [0.29, 0.717) is 32.4 Å². The minimum absolute atomic E-state index is 0.0903. The van der Waals surface area contributed by atoms with Crippen LogP contribution in [-0.2, 0) is 7.05 Å². The molecule has 1 aromatic carbocycles. The number of carbonyl (C=O) groups excluding carboxylic acids is 1. The molecule has 0 aliphatic carbocycles. The predicted molar refractivity (Wildman–Crippen MR) is 136 cm³/mol. The van der Waals surface area contributed by atoms with Gasteiger partial charge in [0.15, 0.2) is 5.65 Å². The minimum atomic E-state index is -1.05. The highest BCUT2D eigenvalue weighted by atomic mass is 35.5. The maximum absolute atomic E-state index is 13.2. The van der Waals surface area contributed by atoms with Crippen LogP contribution < -0.4 is 21.0 Å². The van der Waals surface area contributed by atoms with Crippen molar-refractivity contribution in [2.45, 2.75) is 6.10 Å². The molecule has 13 heteroatoms. The lowest BCUT2D eigenvalue weighted by molar-refractivity contribution is 0.0796. The molecule has 0 bridgehead atoms. The smallest absolute Gasteiger partial charge is 0.293 e. The molecule has 11 nitrogen and oxygen atoms in total. The van der Waals surface area contributed by atoms with Crippen LogP contribution in [0.5, 0.6) is 0 Å². The SMILES string of the molecule is COn1c(=O)c(-c2c(Cl)cccc2Cl)cc2cnc(Nc3cc(C(=O)NC[C@H](O)CO)n(C)c3)nc21. The Kier molecular flexibility index (Phi) is 7.45. The lowest BCUT2D eigenvalue weighted by Crippen LogP contribution is -2.34. The molecule has 4 N–H and O–H groups in total. The molecular weight excluding hydrogens is 511 g/mol. The molecule has 0 spiro atoms. The van der Waals surface area contributed by atoms with Crippen LogP contribution in [0.1, 0.15) is 10.5 Å². The van der Waals surface area contributed by atoms with E-state index in [9.17, 15) is 14.7 Å². The van der Waals surface area contributed by atoms with Crippen LogP contribution in [0, 0.1) is 0 Å². The number of anilines is 2. The molecule has 188 valence electrons. The Bertz CT molecular complexity index is 1480. The van der Waals surface area contributed by atoms with E-state index < -0.39 is 24.2 Å².